The molecule has 23 heavy (non-hydrogen) atoms. The summed E-state index contributed by atoms with van der Waals surface area (Å²) in [6, 6.07) is 0. The molecule has 0 aromatic heterocycles. The first-order valence-electron chi connectivity index (χ1n) is 8.70. The lowest BCUT2D eigenvalue weighted by Crippen LogP contribution is -1.98. The van der Waals surface area contributed by atoms with E-state index >= 15 is 0 Å². The Balaban J connectivity index is 3.59. The third-order valence-corrected chi connectivity index (χ3v) is 3.75. The third kappa shape index (κ3) is 18.7. The molecule has 0 radical (unpaired) electrons. The predicted octanol–water partition coefficient (Wildman–Crippen LogP) is 6.13. The highest BCUT2D eigenvalue weighted by Gasteiger charge is 2.00. The Hall–Kier alpha value is -1.22. The zero-order valence-electron chi connectivity index (χ0n) is 14.4. The second-order valence-corrected chi connectivity index (χ2v) is 6.24. The predicted molar refractivity (Wildman–Crippen MR) is 104 cm³/mol. The molecule has 2 nitrogen and oxygen atoms in total. The monoisotopic (exact) mass is 336 g/mol. The van der Waals surface area contributed by atoms with Gasteiger partial charge in [-0.1, -0.05) is 68.4 Å². The van der Waals surface area contributed by atoms with Crippen LogP contribution in [0.2, 0.25) is 0 Å². The number of rotatable bonds is 14. The van der Waals surface area contributed by atoms with E-state index in [1.807, 2.05) is 18.2 Å². The van der Waals surface area contributed by atoms with Gasteiger partial charge in [-0.3, -0.25) is 4.79 Å². The van der Waals surface area contributed by atoms with Crippen LogP contribution in [0.4, 0.5) is 0 Å². The van der Waals surface area contributed by atoms with Crippen molar-refractivity contribution >= 4 is 18.6 Å². The molecule has 0 saturated carbocycles. The molecule has 0 amide bonds. The summed E-state index contributed by atoms with van der Waals surface area (Å²) in [5, 5.41) is 8.69. The van der Waals surface area contributed by atoms with Crippen molar-refractivity contribution in [2.75, 3.05) is 0 Å². The molecule has 0 fully saturated rings. The summed E-state index contributed by atoms with van der Waals surface area (Å²) in [7, 11) is 0. The molecule has 0 unspecified atom stereocenters. The first-order valence-corrected chi connectivity index (χ1v) is 9.21. The van der Waals surface area contributed by atoms with Gasteiger partial charge in [0, 0.05) is 11.7 Å². The molecule has 0 bridgehead atoms. The van der Waals surface area contributed by atoms with Crippen molar-refractivity contribution in [2.45, 2.75) is 70.0 Å². The normalized spacial score (nSPS) is 13.8. The lowest BCUT2D eigenvalue weighted by Gasteiger charge is -2.02. The molecule has 130 valence electrons. The quantitative estimate of drug-likeness (QED) is 0.173. The van der Waals surface area contributed by atoms with E-state index in [1.165, 1.54) is 25.7 Å². The summed E-state index contributed by atoms with van der Waals surface area (Å²) in [5.74, 6) is -0.739. The molecule has 0 aliphatic carbocycles. The summed E-state index contributed by atoms with van der Waals surface area (Å²) in [4.78, 5) is 10.4. The number of carbonyl (C=O) groups is 1. The van der Waals surface area contributed by atoms with Crippen LogP contribution in [0.3, 0.4) is 0 Å². The summed E-state index contributed by atoms with van der Waals surface area (Å²) < 4.78 is 0. The largest absolute Gasteiger partial charge is 0.481 e. The second-order valence-electron chi connectivity index (χ2n) is 5.58. The van der Waals surface area contributed by atoms with Crippen molar-refractivity contribution in [3.8, 4) is 0 Å². The number of hydrogen-bond acceptors (Lipinski definition) is 2. The Morgan fingerprint density at radius 2 is 1.70 bits per heavy atom. The second kappa shape index (κ2) is 17.1. The van der Waals surface area contributed by atoms with Crippen LogP contribution in [0.1, 0.15) is 64.7 Å². The van der Waals surface area contributed by atoms with E-state index in [9.17, 15) is 4.79 Å². The lowest BCUT2D eigenvalue weighted by atomic mass is 10.2. The minimum absolute atomic E-state index is 0.132. The van der Waals surface area contributed by atoms with Gasteiger partial charge < -0.3 is 5.11 Å². The van der Waals surface area contributed by atoms with E-state index in [-0.39, 0.29) is 11.7 Å². The molecule has 0 aromatic rings. The Bertz CT molecular complexity index is 394. The van der Waals surface area contributed by atoms with Crippen LogP contribution in [-0.2, 0) is 4.79 Å². The minimum Gasteiger partial charge on any atom is -0.481 e. The zero-order valence-corrected chi connectivity index (χ0v) is 15.3. The fourth-order valence-electron chi connectivity index (χ4n) is 1.98. The summed E-state index contributed by atoms with van der Waals surface area (Å²) in [6.07, 6.45) is 25.7. The minimum atomic E-state index is -0.739. The Morgan fingerprint density at radius 3 is 2.39 bits per heavy atom. The molecule has 0 saturated heterocycles. The molecule has 1 atom stereocenters. The molecule has 0 aliphatic rings. The smallest absolute Gasteiger partial charge is 0.303 e. The first-order chi connectivity index (χ1) is 11.2. The van der Waals surface area contributed by atoms with Gasteiger partial charge in [-0.05, 0) is 38.5 Å². The number of carboxylic acids is 1. The van der Waals surface area contributed by atoms with Gasteiger partial charge >= 0.3 is 5.97 Å². The van der Waals surface area contributed by atoms with Crippen molar-refractivity contribution in [1.29, 1.82) is 0 Å². The van der Waals surface area contributed by atoms with Gasteiger partial charge in [0.2, 0.25) is 0 Å². The van der Waals surface area contributed by atoms with Gasteiger partial charge in [0.1, 0.15) is 0 Å². The molecule has 0 rings (SSSR count). The number of unbranched alkanes of at least 4 members (excludes halogenated alkanes) is 3. The molecule has 0 aromatic carbocycles. The van der Waals surface area contributed by atoms with E-state index in [0.29, 0.717) is 6.42 Å². The van der Waals surface area contributed by atoms with Gasteiger partial charge in [-0.15, -0.1) is 0 Å². The molecular weight excluding hydrogens is 304 g/mol. The number of carboxylic acid groups (broad SMARTS) is 1. The van der Waals surface area contributed by atoms with Crippen molar-refractivity contribution in [1.82, 2.24) is 0 Å². The summed E-state index contributed by atoms with van der Waals surface area (Å²) in [5.41, 5.74) is 0. The number of allylic oxidation sites excluding steroid dienone is 7. The van der Waals surface area contributed by atoms with Gasteiger partial charge in [0.05, 0.1) is 0 Å². The SMILES string of the molecule is CCCCC/C=C\C/C=C\C/C=C\C=C\[C@@H](S)CCCC(=O)O. The van der Waals surface area contributed by atoms with Crippen molar-refractivity contribution in [2.24, 2.45) is 0 Å². The maximum Gasteiger partial charge on any atom is 0.303 e. The fraction of sp³-hybridized carbons (Fsp3) is 0.550. The highest BCUT2D eigenvalue weighted by molar-refractivity contribution is 7.81. The van der Waals surface area contributed by atoms with E-state index in [1.54, 1.807) is 0 Å². The van der Waals surface area contributed by atoms with Crippen LogP contribution in [0.15, 0.2) is 48.6 Å². The number of hydrogen-bond donors (Lipinski definition) is 2. The summed E-state index contributed by atoms with van der Waals surface area (Å²) >= 11 is 4.41. The van der Waals surface area contributed by atoms with E-state index in [0.717, 1.165) is 19.3 Å². The number of aliphatic carboxylic acids is 1. The molecule has 3 heteroatoms. The lowest BCUT2D eigenvalue weighted by molar-refractivity contribution is -0.137. The third-order valence-electron chi connectivity index (χ3n) is 3.32. The van der Waals surface area contributed by atoms with Gasteiger partial charge in [0.25, 0.3) is 0 Å². The topological polar surface area (TPSA) is 37.3 Å². The van der Waals surface area contributed by atoms with Crippen molar-refractivity contribution in [3.63, 3.8) is 0 Å². The maximum atomic E-state index is 10.4. The fourth-order valence-corrected chi connectivity index (χ4v) is 2.27. The maximum absolute atomic E-state index is 10.4. The van der Waals surface area contributed by atoms with Crippen molar-refractivity contribution < 1.29 is 9.90 Å². The average Bonchev–Trinajstić information content (AvgIpc) is 2.51. The van der Waals surface area contributed by atoms with Crippen LogP contribution in [-0.4, -0.2) is 16.3 Å². The Labute approximate surface area is 147 Å². The molecule has 0 heterocycles. The van der Waals surface area contributed by atoms with E-state index in [4.69, 9.17) is 5.11 Å². The first kappa shape index (κ1) is 21.8. The highest BCUT2D eigenvalue weighted by atomic mass is 32.1. The van der Waals surface area contributed by atoms with Crippen LogP contribution >= 0.6 is 12.6 Å². The van der Waals surface area contributed by atoms with E-state index < -0.39 is 5.97 Å². The molecule has 1 N–H and O–H groups in total. The highest BCUT2D eigenvalue weighted by Crippen LogP contribution is 2.08. The Kier molecular flexibility index (Phi) is 16.2. The number of thiol groups is 1. The van der Waals surface area contributed by atoms with Crippen LogP contribution < -0.4 is 0 Å². The van der Waals surface area contributed by atoms with Gasteiger partial charge in [0.15, 0.2) is 0 Å². The molecule has 0 aliphatic heterocycles. The van der Waals surface area contributed by atoms with Gasteiger partial charge in [-0.25, -0.2) is 0 Å². The van der Waals surface area contributed by atoms with Crippen LogP contribution in [0, 0.1) is 0 Å². The van der Waals surface area contributed by atoms with Crippen LogP contribution in [0.5, 0.6) is 0 Å². The van der Waals surface area contributed by atoms with Gasteiger partial charge in [-0.2, -0.15) is 12.6 Å². The molecular formula is C20H32O2S. The Morgan fingerprint density at radius 1 is 1.00 bits per heavy atom. The summed E-state index contributed by atoms with van der Waals surface area (Å²) in [6.45, 7) is 2.23. The molecule has 0 spiro atoms. The standard InChI is InChI=1S/C20H32O2S/c1-2-3-4-5-6-7-8-9-10-11-12-13-14-16-19(23)17-15-18-20(21)22/h6-7,9-10,12-14,16,19,23H,2-5,8,11,15,17-18H2,1H3,(H,21,22)/b7-6-,10-9-,13-12-,16-14+/t19-/m1/s1. The zero-order chi connectivity index (χ0) is 17.2. The van der Waals surface area contributed by atoms with Crippen LogP contribution in [0.25, 0.3) is 0 Å². The average molecular weight is 337 g/mol. The van der Waals surface area contributed by atoms with E-state index in [2.05, 4.69) is 49.9 Å². The van der Waals surface area contributed by atoms with Crippen molar-refractivity contribution in [3.05, 3.63) is 48.6 Å².